The third-order valence-electron chi connectivity index (χ3n) is 3.99. The molecule has 1 aliphatic rings. The molecule has 0 bridgehead atoms. The highest BCUT2D eigenvalue weighted by Crippen LogP contribution is 2.32. The number of aryl methyl sites for hydroxylation is 1. The van der Waals surface area contributed by atoms with Crippen molar-refractivity contribution in [2.24, 2.45) is 7.05 Å². The molecule has 8 heteroatoms. The summed E-state index contributed by atoms with van der Waals surface area (Å²) in [5, 5.41) is 4.58. The van der Waals surface area contributed by atoms with Crippen molar-refractivity contribution in [1.82, 2.24) is 19.3 Å². The van der Waals surface area contributed by atoms with E-state index >= 15 is 0 Å². The van der Waals surface area contributed by atoms with Gasteiger partial charge in [0.1, 0.15) is 11.5 Å². The summed E-state index contributed by atoms with van der Waals surface area (Å²) in [6.45, 7) is 2.01. The Morgan fingerprint density at radius 2 is 2.24 bits per heavy atom. The van der Waals surface area contributed by atoms with Gasteiger partial charge in [0.2, 0.25) is 0 Å². The first-order chi connectivity index (χ1) is 9.93. The first-order valence-electron chi connectivity index (χ1n) is 6.98. The Bertz CT molecular complexity index is 775. The molecule has 1 aliphatic heterocycles. The van der Waals surface area contributed by atoms with Crippen molar-refractivity contribution in [2.75, 3.05) is 17.2 Å². The maximum absolute atomic E-state index is 11.7. The summed E-state index contributed by atoms with van der Waals surface area (Å²) in [6.07, 6.45) is 4.86. The topological polar surface area (TPSA) is 95.8 Å². The van der Waals surface area contributed by atoms with Gasteiger partial charge in [0.15, 0.2) is 15.7 Å². The summed E-state index contributed by atoms with van der Waals surface area (Å²) in [5.41, 5.74) is 7.87. The van der Waals surface area contributed by atoms with E-state index < -0.39 is 9.84 Å². The lowest BCUT2D eigenvalue weighted by atomic mass is 10.1. The fraction of sp³-hybridized carbons (Fsp3) is 0.538. The smallest absolute Gasteiger partial charge is 0.160 e. The van der Waals surface area contributed by atoms with Crippen LogP contribution < -0.4 is 5.73 Å². The highest BCUT2D eigenvalue weighted by atomic mass is 32.2. The van der Waals surface area contributed by atoms with E-state index in [0.717, 1.165) is 23.5 Å². The van der Waals surface area contributed by atoms with Gasteiger partial charge in [-0.3, -0.25) is 0 Å². The fourth-order valence-electron chi connectivity index (χ4n) is 2.85. The van der Waals surface area contributed by atoms with E-state index in [2.05, 4.69) is 10.1 Å². The second kappa shape index (κ2) is 4.87. The molecule has 2 aromatic rings. The van der Waals surface area contributed by atoms with Crippen molar-refractivity contribution < 1.29 is 8.42 Å². The van der Waals surface area contributed by atoms with Gasteiger partial charge in [-0.25, -0.2) is 18.1 Å². The average Bonchev–Trinajstić information content (AvgIpc) is 3.07. The van der Waals surface area contributed by atoms with Crippen LogP contribution in [0.4, 0.5) is 5.82 Å². The van der Waals surface area contributed by atoms with E-state index in [0.29, 0.717) is 12.2 Å². The van der Waals surface area contributed by atoms with E-state index in [1.165, 1.54) is 0 Å². The van der Waals surface area contributed by atoms with Crippen LogP contribution in [0, 0.1) is 0 Å². The largest absolute Gasteiger partial charge is 0.384 e. The fourth-order valence-corrected chi connectivity index (χ4v) is 4.54. The lowest BCUT2D eigenvalue weighted by Gasteiger charge is -2.10. The molecule has 114 valence electrons. The monoisotopic (exact) mass is 309 g/mol. The van der Waals surface area contributed by atoms with Gasteiger partial charge in [-0.05, 0) is 12.8 Å². The van der Waals surface area contributed by atoms with Crippen LogP contribution in [0.5, 0.6) is 0 Å². The lowest BCUT2D eigenvalue weighted by molar-refractivity contribution is 0.507. The normalized spacial score (nSPS) is 21.0. The highest BCUT2D eigenvalue weighted by Gasteiger charge is 2.32. The van der Waals surface area contributed by atoms with Gasteiger partial charge in [-0.15, -0.1) is 0 Å². The predicted octanol–water partition coefficient (Wildman–Crippen LogP) is 0.788. The van der Waals surface area contributed by atoms with Crippen molar-refractivity contribution in [2.45, 2.75) is 25.8 Å². The van der Waals surface area contributed by atoms with Crippen molar-refractivity contribution >= 4 is 15.7 Å². The third kappa shape index (κ3) is 2.33. The van der Waals surface area contributed by atoms with Crippen LogP contribution in [0.25, 0.3) is 11.5 Å². The molecule has 1 unspecified atom stereocenters. The van der Waals surface area contributed by atoms with Crippen LogP contribution in [0.1, 0.15) is 24.9 Å². The van der Waals surface area contributed by atoms with Crippen LogP contribution in [0.2, 0.25) is 0 Å². The molecule has 0 spiro atoms. The zero-order valence-corrected chi connectivity index (χ0v) is 13.0. The quantitative estimate of drug-likeness (QED) is 0.904. The Morgan fingerprint density at radius 3 is 2.76 bits per heavy atom. The summed E-state index contributed by atoms with van der Waals surface area (Å²) in [6, 6.07) is -0.172. The van der Waals surface area contributed by atoms with E-state index in [1.807, 2.05) is 24.7 Å². The summed E-state index contributed by atoms with van der Waals surface area (Å²) in [7, 11) is -1.07. The lowest BCUT2D eigenvalue weighted by Crippen LogP contribution is -2.15. The predicted molar refractivity (Wildman–Crippen MR) is 80.5 cm³/mol. The Labute approximate surface area is 123 Å². The minimum Gasteiger partial charge on any atom is -0.384 e. The second-order valence-corrected chi connectivity index (χ2v) is 7.66. The number of imidazole rings is 1. The van der Waals surface area contributed by atoms with Gasteiger partial charge >= 0.3 is 0 Å². The maximum Gasteiger partial charge on any atom is 0.160 e. The number of nitrogens with two attached hydrogens (primary N) is 1. The van der Waals surface area contributed by atoms with Crippen molar-refractivity contribution in [3.8, 4) is 11.5 Å². The summed E-state index contributed by atoms with van der Waals surface area (Å²) in [4.78, 5) is 4.32. The molecule has 3 heterocycles. The Kier molecular flexibility index (Phi) is 3.27. The standard InChI is InChI=1S/C13H19N5O2S/c1-3-10-11(13-15-5-6-17(13)2)16-18(12(10)14)9-4-7-21(19,20)8-9/h5-6,9H,3-4,7-8,14H2,1-2H3. The van der Waals surface area contributed by atoms with Crippen molar-refractivity contribution in [3.63, 3.8) is 0 Å². The van der Waals surface area contributed by atoms with Crippen LogP contribution >= 0.6 is 0 Å². The number of anilines is 1. The molecule has 1 fully saturated rings. The van der Waals surface area contributed by atoms with Gasteiger partial charge in [-0.2, -0.15) is 5.10 Å². The zero-order valence-electron chi connectivity index (χ0n) is 12.2. The molecule has 0 aliphatic carbocycles. The third-order valence-corrected chi connectivity index (χ3v) is 5.74. The number of rotatable bonds is 3. The molecule has 2 N–H and O–H groups in total. The molecule has 0 saturated carbocycles. The highest BCUT2D eigenvalue weighted by molar-refractivity contribution is 7.91. The van der Waals surface area contributed by atoms with Crippen LogP contribution in [0.15, 0.2) is 12.4 Å². The van der Waals surface area contributed by atoms with Crippen LogP contribution in [-0.2, 0) is 23.3 Å². The molecule has 1 saturated heterocycles. The van der Waals surface area contributed by atoms with Gasteiger partial charge in [-0.1, -0.05) is 6.92 Å². The molecule has 7 nitrogen and oxygen atoms in total. The van der Waals surface area contributed by atoms with Gasteiger partial charge in [0.25, 0.3) is 0 Å². The number of nitrogens with zero attached hydrogens (tertiary/aromatic N) is 4. The number of aromatic nitrogens is 4. The van der Waals surface area contributed by atoms with E-state index in [-0.39, 0.29) is 17.5 Å². The van der Waals surface area contributed by atoms with Gasteiger partial charge < -0.3 is 10.3 Å². The molecule has 0 aromatic carbocycles. The molecule has 0 radical (unpaired) electrons. The Morgan fingerprint density at radius 1 is 1.48 bits per heavy atom. The van der Waals surface area contributed by atoms with Crippen LogP contribution in [-0.4, -0.2) is 39.3 Å². The summed E-state index contributed by atoms with van der Waals surface area (Å²) < 4.78 is 26.9. The first-order valence-corrected chi connectivity index (χ1v) is 8.80. The number of sulfone groups is 1. The molecule has 1 atom stereocenters. The van der Waals surface area contributed by atoms with Crippen LogP contribution in [0.3, 0.4) is 0 Å². The van der Waals surface area contributed by atoms with Gasteiger partial charge in [0.05, 0.1) is 17.5 Å². The molecule has 0 amide bonds. The number of nitrogen functional groups attached to an aromatic ring is 1. The summed E-state index contributed by atoms with van der Waals surface area (Å²) in [5.74, 6) is 1.62. The zero-order chi connectivity index (χ0) is 15.2. The molecular formula is C13H19N5O2S. The van der Waals surface area contributed by atoms with Crippen molar-refractivity contribution in [3.05, 3.63) is 18.0 Å². The first kappa shape index (κ1) is 14.1. The molecule has 3 rings (SSSR count). The Hall–Kier alpha value is -1.83. The minimum absolute atomic E-state index is 0.113. The molecule has 2 aromatic heterocycles. The second-order valence-electron chi connectivity index (χ2n) is 5.43. The van der Waals surface area contributed by atoms with E-state index in [9.17, 15) is 8.42 Å². The van der Waals surface area contributed by atoms with Gasteiger partial charge in [0, 0.05) is 25.0 Å². The summed E-state index contributed by atoms with van der Waals surface area (Å²) >= 11 is 0. The van der Waals surface area contributed by atoms with E-state index in [4.69, 9.17) is 5.73 Å². The molecular weight excluding hydrogens is 290 g/mol. The number of hydrogen-bond donors (Lipinski definition) is 1. The number of hydrogen-bond acceptors (Lipinski definition) is 5. The van der Waals surface area contributed by atoms with E-state index in [1.54, 1.807) is 10.9 Å². The average molecular weight is 309 g/mol. The minimum atomic E-state index is -2.97. The molecule has 21 heavy (non-hydrogen) atoms. The Balaban J connectivity index is 2.08. The van der Waals surface area contributed by atoms with Crippen molar-refractivity contribution in [1.29, 1.82) is 0 Å². The maximum atomic E-state index is 11.7. The SMILES string of the molecule is CCc1c(-c2nccn2C)nn(C2CCS(=O)(=O)C2)c1N.